The van der Waals surface area contributed by atoms with E-state index in [2.05, 4.69) is 0 Å². The van der Waals surface area contributed by atoms with Crippen molar-refractivity contribution in [2.75, 3.05) is 0 Å². The molecule has 1 aromatic carbocycles. The largest absolute Gasteiger partial charge is 0.204 e. The van der Waals surface area contributed by atoms with Crippen molar-refractivity contribution in [2.45, 2.75) is 37.0 Å². The number of hydrogen-bond donors (Lipinski definition) is 0. The predicted molar refractivity (Wildman–Crippen MR) is 57.2 cm³/mol. The van der Waals surface area contributed by atoms with Crippen LogP contribution in [0.5, 0.6) is 0 Å². The molecular weight excluding hydrogens is 218 g/mol. The smallest absolute Gasteiger partial charge is 0.162 e. The second-order valence-corrected chi connectivity index (χ2v) is 5.12. The molecule has 15 heavy (non-hydrogen) atoms. The summed E-state index contributed by atoms with van der Waals surface area (Å²) >= 11 is 6.02. The van der Waals surface area contributed by atoms with Crippen LogP contribution in [0, 0.1) is 11.6 Å². The third-order valence-electron chi connectivity index (χ3n) is 3.28. The summed E-state index contributed by atoms with van der Waals surface area (Å²) in [6.45, 7) is 1.95. The van der Waals surface area contributed by atoms with E-state index in [0.29, 0.717) is 5.56 Å². The third-order valence-corrected chi connectivity index (χ3v) is 3.66. The van der Waals surface area contributed by atoms with E-state index < -0.39 is 11.6 Å². The van der Waals surface area contributed by atoms with E-state index in [4.69, 9.17) is 11.6 Å². The summed E-state index contributed by atoms with van der Waals surface area (Å²) in [4.78, 5) is 0. The summed E-state index contributed by atoms with van der Waals surface area (Å²) in [6.07, 6.45) is 2.41. The molecule has 1 aliphatic carbocycles. The van der Waals surface area contributed by atoms with Crippen molar-refractivity contribution >= 4 is 11.6 Å². The van der Waals surface area contributed by atoms with Crippen LogP contribution in [0.2, 0.25) is 0 Å². The molecular formula is C12H13ClF2. The molecule has 0 N–H and O–H groups in total. The van der Waals surface area contributed by atoms with Crippen molar-refractivity contribution in [3.8, 4) is 0 Å². The lowest BCUT2D eigenvalue weighted by Crippen LogP contribution is -2.20. The molecule has 1 aromatic rings. The summed E-state index contributed by atoms with van der Waals surface area (Å²) in [5.74, 6) is -1.49. The average Bonchev–Trinajstić information content (AvgIpc) is 2.52. The zero-order chi connectivity index (χ0) is 11.1. The highest BCUT2D eigenvalue weighted by Crippen LogP contribution is 2.43. The molecule has 0 spiro atoms. The van der Waals surface area contributed by atoms with Gasteiger partial charge in [-0.3, -0.25) is 0 Å². The number of benzene rings is 1. The van der Waals surface area contributed by atoms with Gasteiger partial charge in [-0.05, 0) is 36.3 Å². The molecule has 0 nitrogen and oxygen atoms in total. The fraction of sp³-hybridized carbons (Fsp3) is 0.500. The van der Waals surface area contributed by atoms with Crippen molar-refractivity contribution in [3.05, 3.63) is 35.4 Å². The van der Waals surface area contributed by atoms with Crippen LogP contribution in [-0.2, 0) is 5.41 Å². The molecule has 2 rings (SSSR count). The SMILES string of the molecule is CC1(c2cccc(F)c2F)CCC(Cl)C1. The molecule has 0 aliphatic heterocycles. The van der Waals surface area contributed by atoms with Crippen LogP contribution in [0.25, 0.3) is 0 Å². The minimum Gasteiger partial charge on any atom is -0.204 e. The Hall–Kier alpha value is -0.630. The topological polar surface area (TPSA) is 0 Å². The molecule has 2 atom stereocenters. The Balaban J connectivity index is 2.41. The lowest BCUT2D eigenvalue weighted by Gasteiger charge is -2.24. The fourth-order valence-electron chi connectivity index (χ4n) is 2.38. The molecule has 0 radical (unpaired) electrons. The molecule has 0 heterocycles. The van der Waals surface area contributed by atoms with Crippen molar-refractivity contribution in [3.63, 3.8) is 0 Å². The highest BCUT2D eigenvalue weighted by molar-refractivity contribution is 6.20. The van der Waals surface area contributed by atoms with Crippen LogP contribution in [0.3, 0.4) is 0 Å². The minimum absolute atomic E-state index is 0.0812. The van der Waals surface area contributed by atoms with Crippen molar-refractivity contribution in [1.29, 1.82) is 0 Å². The molecule has 1 saturated carbocycles. The number of hydrogen-bond acceptors (Lipinski definition) is 0. The second-order valence-electron chi connectivity index (χ2n) is 4.50. The normalized spacial score (nSPS) is 30.8. The van der Waals surface area contributed by atoms with Crippen molar-refractivity contribution in [2.24, 2.45) is 0 Å². The zero-order valence-electron chi connectivity index (χ0n) is 8.56. The molecule has 0 bridgehead atoms. The predicted octanol–water partition coefficient (Wildman–Crippen LogP) is 4.01. The maximum Gasteiger partial charge on any atom is 0.162 e. The average molecular weight is 231 g/mol. The number of halogens is 3. The molecule has 1 fully saturated rings. The molecule has 0 saturated heterocycles. The highest BCUT2D eigenvalue weighted by Gasteiger charge is 2.37. The summed E-state index contributed by atoms with van der Waals surface area (Å²) in [6, 6.07) is 4.36. The minimum atomic E-state index is -0.772. The molecule has 0 aromatic heterocycles. The van der Waals surface area contributed by atoms with Gasteiger partial charge >= 0.3 is 0 Å². The first-order valence-corrected chi connectivity index (χ1v) is 5.55. The maximum atomic E-state index is 13.6. The highest BCUT2D eigenvalue weighted by atomic mass is 35.5. The maximum absolute atomic E-state index is 13.6. The summed E-state index contributed by atoms with van der Waals surface area (Å²) in [7, 11) is 0. The van der Waals surface area contributed by atoms with Gasteiger partial charge in [0.25, 0.3) is 0 Å². The molecule has 3 heteroatoms. The van der Waals surface area contributed by atoms with Gasteiger partial charge in [-0.25, -0.2) is 8.78 Å². The Morgan fingerprint density at radius 2 is 2.13 bits per heavy atom. The van der Waals surface area contributed by atoms with E-state index >= 15 is 0 Å². The van der Waals surface area contributed by atoms with Gasteiger partial charge in [0.1, 0.15) is 0 Å². The van der Waals surface area contributed by atoms with Gasteiger partial charge < -0.3 is 0 Å². The van der Waals surface area contributed by atoms with E-state index in [1.54, 1.807) is 12.1 Å². The van der Waals surface area contributed by atoms with Crippen LogP contribution in [-0.4, -0.2) is 5.38 Å². The summed E-state index contributed by atoms with van der Waals surface area (Å²) in [5, 5.41) is 0.0812. The van der Waals surface area contributed by atoms with Gasteiger partial charge in [0.05, 0.1) is 0 Å². The fourth-order valence-corrected chi connectivity index (χ4v) is 2.83. The van der Waals surface area contributed by atoms with Crippen LogP contribution in [0.4, 0.5) is 8.78 Å². The third kappa shape index (κ3) is 1.87. The van der Waals surface area contributed by atoms with E-state index in [-0.39, 0.29) is 10.8 Å². The van der Waals surface area contributed by atoms with E-state index in [1.807, 2.05) is 6.92 Å². The first-order chi connectivity index (χ1) is 7.03. The van der Waals surface area contributed by atoms with Gasteiger partial charge in [0, 0.05) is 5.38 Å². The summed E-state index contributed by atoms with van der Waals surface area (Å²) in [5.41, 5.74) is 0.157. The Kier molecular flexibility index (Phi) is 2.72. The molecule has 2 unspecified atom stereocenters. The molecule has 1 aliphatic rings. The van der Waals surface area contributed by atoms with Gasteiger partial charge in [-0.1, -0.05) is 19.1 Å². The Morgan fingerprint density at radius 1 is 1.40 bits per heavy atom. The van der Waals surface area contributed by atoms with E-state index in [9.17, 15) is 8.78 Å². The first kappa shape index (κ1) is 10.9. The zero-order valence-corrected chi connectivity index (χ0v) is 9.32. The first-order valence-electron chi connectivity index (χ1n) is 5.11. The molecule has 82 valence electrons. The number of rotatable bonds is 1. The van der Waals surface area contributed by atoms with Gasteiger partial charge in [0.15, 0.2) is 11.6 Å². The monoisotopic (exact) mass is 230 g/mol. The van der Waals surface area contributed by atoms with Crippen LogP contribution in [0.15, 0.2) is 18.2 Å². The van der Waals surface area contributed by atoms with Crippen LogP contribution < -0.4 is 0 Å². The Morgan fingerprint density at radius 3 is 2.73 bits per heavy atom. The summed E-state index contributed by atoms with van der Waals surface area (Å²) < 4.78 is 26.7. The standard InChI is InChI=1S/C12H13ClF2/c1-12(6-5-8(13)7-12)9-3-2-4-10(14)11(9)15/h2-4,8H,5-7H2,1H3. The van der Waals surface area contributed by atoms with Crippen LogP contribution >= 0.6 is 11.6 Å². The second kappa shape index (κ2) is 3.75. The Bertz CT molecular complexity index is 378. The quantitative estimate of drug-likeness (QED) is 0.640. The van der Waals surface area contributed by atoms with Crippen molar-refractivity contribution < 1.29 is 8.78 Å². The van der Waals surface area contributed by atoms with E-state index in [1.165, 1.54) is 0 Å². The Labute approximate surface area is 93.2 Å². The molecule has 0 amide bonds. The van der Waals surface area contributed by atoms with Gasteiger partial charge in [-0.15, -0.1) is 11.6 Å². The lowest BCUT2D eigenvalue weighted by molar-refractivity contribution is 0.430. The van der Waals surface area contributed by atoms with Crippen molar-refractivity contribution in [1.82, 2.24) is 0 Å². The number of alkyl halides is 1. The van der Waals surface area contributed by atoms with Gasteiger partial charge in [0.2, 0.25) is 0 Å². The van der Waals surface area contributed by atoms with Crippen LogP contribution in [0.1, 0.15) is 31.7 Å². The van der Waals surface area contributed by atoms with Gasteiger partial charge in [-0.2, -0.15) is 0 Å². The lowest BCUT2D eigenvalue weighted by atomic mass is 9.80. The van der Waals surface area contributed by atoms with E-state index in [0.717, 1.165) is 25.3 Å².